The number of nitrogens with zero attached hydrogens (tertiary/aromatic N) is 1. The number of hydrogen-bond donors (Lipinski definition) is 1. The Balaban J connectivity index is 1.80. The van der Waals surface area contributed by atoms with Crippen LogP contribution in [-0.4, -0.2) is 12.4 Å². The van der Waals surface area contributed by atoms with Crippen molar-refractivity contribution in [2.24, 2.45) is 22.1 Å². The molecule has 0 aromatic heterocycles. The molecule has 2 N–H and O–H groups in total. The van der Waals surface area contributed by atoms with E-state index in [4.69, 9.17) is 5.73 Å². The molecule has 2 saturated carbocycles. The lowest BCUT2D eigenvalue weighted by molar-refractivity contribution is 0.472. The number of aliphatic imine (C=N–C) groups is 1. The highest BCUT2D eigenvalue weighted by Gasteiger charge is 2.41. The number of rotatable bonds is 5. The zero-order valence-corrected chi connectivity index (χ0v) is 8.55. The lowest BCUT2D eigenvalue weighted by Crippen LogP contribution is -2.17. The first kappa shape index (κ1) is 9.04. The molecule has 0 atom stereocenters. The molecule has 0 unspecified atom stereocenters. The Hall–Kier alpha value is -0.530. The molecular weight excluding hydrogens is 160 g/mol. The third kappa shape index (κ3) is 2.23. The molecule has 0 aromatic rings. The maximum Gasteiger partial charge on any atom is 0.0968 e. The molecule has 2 aliphatic rings. The van der Waals surface area contributed by atoms with E-state index in [1.54, 1.807) is 0 Å². The summed E-state index contributed by atoms with van der Waals surface area (Å²) in [6, 6.07) is 0. The topological polar surface area (TPSA) is 38.4 Å². The summed E-state index contributed by atoms with van der Waals surface area (Å²) in [4.78, 5) is 4.53. The van der Waals surface area contributed by atoms with E-state index in [-0.39, 0.29) is 0 Å². The summed E-state index contributed by atoms with van der Waals surface area (Å²) in [5.41, 5.74) is 6.44. The minimum absolute atomic E-state index is 0.578. The van der Waals surface area contributed by atoms with Gasteiger partial charge in [-0.3, -0.25) is 4.99 Å². The first-order valence-electron chi connectivity index (χ1n) is 5.56. The highest BCUT2D eigenvalue weighted by molar-refractivity contribution is 5.84. The fourth-order valence-corrected chi connectivity index (χ4v) is 1.96. The van der Waals surface area contributed by atoms with Gasteiger partial charge in [-0.25, -0.2) is 0 Å². The van der Waals surface area contributed by atoms with Crippen molar-refractivity contribution in [3.63, 3.8) is 0 Å². The van der Waals surface area contributed by atoms with E-state index in [2.05, 4.69) is 11.9 Å². The predicted molar refractivity (Wildman–Crippen MR) is 55.8 cm³/mol. The molecule has 2 nitrogen and oxygen atoms in total. The molecule has 0 aliphatic heterocycles. The zero-order chi connectivity index (χ0) is 9.31. The molecule has 2 rings (SSSR count). The maximum atomic E-state index is 5.86. The van der Waals surface area contributed by atoms with Gasteiger partial charge in [-0.05, 0) is 37.5 Å². The van der Waals surface area contributed by atoms with Crippen molar-refractivity contribution >= 4 is 5.84 Å². The van der Waals surface area contributed by atoms with Gasteiger partial charge in [0.15, 0.2) is 0 Å². The van der Waals surface area contributed by atoms with Crippen molar-refractivity contribution in [2.45, 2.75) is 45.4 Å². The van der Waals surface area contributed by atoms with Crippen LogP contribution >= 0.6 is 0 Å². The van der Waals surface area contributed by atoms with Crippen LogP contribution in [0.15, 0.2) is 4.99 Å². The van der Waals surface area contributed by atoms with Gasteiger partial charge in [0.05, 0.1) is 5.84 Å². The molecule has 0 spiro atoms. The van der Waals surface area contributed by atoms with Gasteiger partial charge in [0.25, 0.3) is 0 Å². The Morgan fingerprint density at radius 2 is 2.15 bits per heavy atom. The van der Waals surface area contributed by atoms with Gasteiger partial charge in [-0.1, -0.05) is 13.3 Å². The molecule has 0 aromatic carbocycles. The fraction of sp³-hybridized carbons (Fsp3) is 0.909. The van der Waals surface area contributed by atoms with Gasteiger partial charge < -0.3 is 5.73 Å². The lowest BCUT2D eigenvalue weighted by atomic mass is 10.0. The average molecular weight is 180 g/mol. The largest absolute Gasteiger partial charge is 0.387 e. The highest BCUT2D eigenvalue weighted by atomic mass is 14.9. The second-order valence-corrected chi connectivity index (χ2v) is 4.77. The molecule has 0 amide bonds. The number of nitrogens with two attached hydrogens (primary N) is 1. The minimum Gasteiger partial charge on any atom is -0.387 e. The van der Waals surface area contributed by atoms with Crippen LogP contribution in [0.5, 0.6) is 0 Å². The van der Waals surface area contributed by atoms with Gasteiger partial charge in [0.1, 0.15) is 0 Å². The van der Waals surface area contributed by atoms with Crippen LogP contribution in [0.4, 0.5) is 0 Å². The van der Waals surface area contributed by atoms with Gasteiger partial charge in [-0.2, -0.15) is 0 Å². The molecule has 13 heavy (non-hydrogen) atoms. The average Bonchev–Trinajstić information content (AvgIpc) is 2.97. The van der Waals surface area contributed by atoms with Crippen LogP contribution in [0.2, 0.25) is 0 Å². The van der Waals surface area contributed by atoms with E-state index in [9.17, 15) is 0 Å². The van der Waals surface area contributed by atoms with E-state index in [0.29, 0.717) is 11.3 Å². The molecule has 0 heterocycles. The van der Waals surface area contributed by atoms with E-state index in [1.807, 2.05) is 0 Å². The van der Waals surface area contributed by atoms with E-state index in [1.165, 1.54) is 38.5 Å². The van der Waals surface area contributed by atoms with Gasteiger partial charge in [0.2, 0.25) is 0 Å². The van der Waals surface area contributed by atoms with E-state index >= 15 is 0 Å². The minimum atomic E-state index is 0.578. The van der Waals surface area contributed by atoms with Crippen LogP contribution in [0.3, 0.4) is 0 Å². The van der Waals surface area contributed by atoms with E-state index in [0.717, 1.165) is 12.4 Å². The monoisotopic (exact) mass is 180 g/mol. The maximum absolute atomic E-state index is 5.86. The molecule has 0 radical (unpaired) electrons. The van der Waals surface area contributed by atoms with Crippen molar-refractivity contribution in [3.05, 3.63) is 0 Å². The van der Waals surface area contributed by atoms with Crippen molar-refractivity contribution < 1.29 is 0 Å². The van der Waals surface area contributed by atoms with Crippen LogP contribution in [0.25, 0.3) is 0 Å². The highest BCUT2D eigenvalue weighted by Crippen LogP contribution is 2.49. The van der Waals surface area contributed by atoms with Crippen LogP contribution in [-0.2, 0) is 0 Å². The summed E-state index contributed by atoms with van der Waals surface area (Å²) in [5, 5.41) is 0. The Morgan fingerprint density at radius 3 is 2.62 bits per heavy atom. The van der Waals surface area contributed by atoms with Crippen LogP contribution in [0.1, 0.15) is 45.4 Å². The summed E-state index contributed by atoms with van der Waals surface area (Å²) >= 11 is 0. The van der Waals surface area contributed by atoms with Crippen molar-refractivity contribution in [1.82, 2.24) is 0 Å². The van der Waals surface area contributed by atoms with Gasteiger partial charge in [0, 0.05) is 12.5 Å². The third-order valence-electron chi connectivity index (χ3n) is 3.33. The molecule has 0 saturated heterocycles. The Bertz CT molecular complexity index is 212. The van der Waals surface area contributed by atoms with Gasteiger partial charge >= 0.3 is 0 Å². The molecule has 0 bridgehead atoms. The normalized spacial score (nSPS) is 26.1. The molecule has 2 aliphatic carbocycles. The van der Waals surface area contributed by atoms with Crippen molar-refractivity contribution in [1.29, 1.82) is 0 Å². The number of amidine groups is 1. The molecule has 2 heteroatoms. The zero-order valence-electron chi connectivity index (χ0n) is 8.55. The summed E-state index contributed by atoms with van der Waals surface area (Å²) in [6.07, 6.45) is 7.93. The smallest absolute Gasteiger partial charge is 0.0968 e. The first-order chi connectivity index (χ1) is 6.26. The summed E-state index contributed by atoms with van der Waals surface area (Å²) in [6.45, 7) is 3.26. The summed E-state index contributed by atoms with van der Waals surface area (Å²) in [5.74, 6) is 1.58. The summed E-state index contributed by atoms with van der Waals surface area (Å²) in [7, 11) is 0. The standard InChI is InChI=1S/C11H20N2/c1-2-5-11(6-7-11)8-13-10(12)9-3-4-9/h9H,2-8H2,1H3,(H2,12,13). The Labute approximate surface area is 80.6 Å². The molecule has 74 valence electrons. The van der Waals surface area contributed by atoms with Crippen LogP contribution in [0, 0.1) is 11.3 Å². The first-order valence-corrected chi connectivity index (χ1v) is 5.56. The van der Waals surface area contributed by atoms with Gasteiger partial charge in [-0.15, -0.1) is 0 Å². The second-order valence-electron chi connectivity index (χ2n) is 4.77. The quantitative estimate of drug-likeness (QED) is 0.512. The molecule has 2 fully saturated rings. The second kappa shape index (κ2) is 3.32. The predicted octanol–water partition coefficient (Wildman–Crippen LogP) is 2.33. The van der Waals surface area contributed by atoms with Crippen LogP contribution < -0.4 is 5.73 Å². The van der Waals surface area contributed by atoms with E-state index < -0.39 is 0 Å². The Kier molecular flexibility index (Phi) is 2.31. The third-order valence-corrected chi connectivity index (χ3v) is 3.33. The van der Waals surface area contributed by atoms with Crippen molar-refractivity contribution in [2.75, 3.05) is 6.54 Å². The fourth-order valence-electron chi connectivity index (χ4n) is 1.96. The SMILES string of the molecule is CCCC1(CN=C(N)C2CC2)CC1. The number of hydrogen-bond acceptors (Lipinski definition) is 1. The molecular formula is C11H20N2. The van der Waals surface area contributed by atoms with Crippen molar-refractivity contribution in [3.8, 4) is 0 Å². The Morgan fingerprint density at radius 1 is 1.46 bits per heavy atom. The summed E-state index contributed by atoms with van der Waals surface area (Å²) < 4.78 is 0. The lowest BCUT2D eigenvalue weighted by Gasteiger charge is -2.10.